The Morgan fingerprint density at radius 2 is 2.11 bits per heavy atom. The van der Waals surface area contributed by atoms with Gasteiger partial charge < -0.3 is 19.7 Å². The number of likely N-dealkylation sites (tertiary alicyclic amines) is 1. The Labute approximate surface area is 156 Å². The van der Waals surface area contributed by atoms with E-state index in [0.29, 0.717) is 49.7 Å². The highest BCUT2D eigenvalue weighted by molar-refractivity contribution is 5.95. The van der Waals surface area contributed by atoms with E-state index in [4.69, 9.17) is 9.47 Å². The molecule has 2 aromatic rings. The fourth-order valence-electron chi connectivity index (χ4n) is 3.47. The molecule has 2 saturated heterocycles. The van der Waals surface area contributed by atoms with Crippen molar-refractivity contribution in [3.8, 4) is 17.3 Å². The van der Waals surface area contributed by atoms with Crippen molar-refractivity contribution >= 4 is 12.0 Å². The first-order valence-electron chi connectivity index (χ1n) is 8.82. The molecule has 1 spiro atoms. The van der Waals surface area contributed by atoms with Crippen molar-refractivity contribution in [2.75, 3.05) is 26.7 Å². The molecule has 1 N–H and O–H groups in total. The highest BCUT2D eigenvalue weighted by Gasteiger charge is 2.43. The van der Waals surface area contributed by atoms with Crippen LogP contribution in [-0.2, 0) is 4.74 Å². The second kappa shape index (κ2) is 6.86. The van der Waals surface area contributed by atoms with E-state index >= 15 is 0 Å². The van der Waals surface area contributed by atoms with Crippen LogP contribution in [-0.4, -0.2) is 59.2 Å². The van der Waals surface area contributed by atoms with Crippen molar-refractivity contribution < 1.29 is 19.1 Å². The first kappa shape index (κ1) is 17.3. The smallest absolute Gasteiger partial charge is 0.407 e. The van der Waals surface area contributed by atoms with Gasteiger partial charge >= 0.3 is 6.09 Å². The Kier molecular flexibility index (Phi) is 4.39. The Balaban J connectivity index is 1.49. The molecule has 2 amide bonds. The molecule has 2 aliphatic rings. The SMILES string of the molecule is COc1ccnc(-c2cccc(C(=O)N3CCC4(CC3)CNC(=O)O4)c2)n1. The Hall–Kier alpha value is -3.16. The summed E-state index contributed by atoms with van der Waals surface area (Å²) in [4.78, 5) is 34.6. The maximum Gasteiger partial charge on any atom is 0.407 e. The summed E-state index contributed by atoms with van der Waals surface area (Å²) in [5.41, 5.74) is 0.864. The lowest BCUT2D eigenvalue weighted by atomic mass is 9.91. The van der Waals surface area contributed by atoms with E-state index in [1.54, 1.807) is 36.4 Å². The van der Waals surface area contributed by atoms with Crippen molar-refractivity contribution in [3.63, 3.8) is 0 Å². The number of hydrogen-bond donors (Lipinski definition) is 1. The number of alkyl carbamates (subject to hydrolysis) is 1. The van der Waals surface area contributed by atoms with E-state index in [0.717, 1.165) is 5.56 Å². The van der Waals surface area contributed by atoms with Crippen molar-refractivity contribution in [2.45, 2.75) is 18.4 Å². The zero-order valence-corrected chi connectivity index (χ0v) is 15.0. The maximum atomic E-state index is 12.9. The van der Waals surface area contributed by atoms with Gasteiger partial charge in [0.25, 0.3) is 5.91 Å². The van der Waals surface area contributed by atoms with E-state index in [-0.39, 0.29) is 12.0 Å². The number of rotatable bonds is 3. The molecule has 27 heavy (non-hydrogen) atoms. The van der Waals surface area contributed by atoms with Crippen molar-refractivity contribution in [3.05, 3.63) is 42.1 Å². The lowest BCUT2D eigenvalue weighted by Crippen LogP contribution is -2.48. The molecule has 0 saturated carbocycles. The predicted octanol–water partition coefficient (Wildman–Crippen LogP) is 1.87. The maximum absolute atomic E-state index is 12.9. The van der Waals surface area contributed by atoms with Gasteiger partial charge in [-0.2, -0.15) is 4.98 Å². The zero-order chi connectivity index (χ0) is 18.9. The van der Waals surface area contributed by atoms with Gasteiger partial charge in [-0.15, -0.1) is 0 Å². The van der Waals surface area contributed by atoms with Crippen LogP contribution in [0.1, 0.15) is 23.2 Å². The normalized spacial score (nSPS) is 18.1. The summed E-state index contributed by atoms with van der Waals surface area (Å²) >= 11 is 0. The molecule has 1 aromatic heterocycles. The minimum absolute atomic E-state index is 0.0492. The highest BCUT2D eigenvalue weighted by atomic mass is 16.6. The fourth-order valence-corrected chi connectivity index (χ4v) is 3.47. The van der Waals surface area contributed by atoms with Gasteiger partial charge in [0.15, 0.2) is 5.82 Å². The van der Waals surface area contributed by atoms with E-state index in [1.807, 2.05) is 12.1 Å². The average Bonchev–Trinajstić information content (AvgIpc) is 3.08. The summed E-state index contributed by atoms with van der Waals surface area (Å²) in [5.74, 6) is 0.926. The topological polar surface area (TPSA) is 93.7 Å². The van der Waals surface area contributed by atoms with Gasteiger partial charge in [-0.3, -0.25) is 4.79 Å². The van der Waals surface area contributed by atoms with Crippen molar-refractivity contribution in [1.82, 2.24) is 20.2 Å². The number of piperidine rings is 1. The lowest BCUT2D eigenvalue weighted by Gasteiger charge is -2.37. The molecule has 0 atom stereocenters. The number of benzene rings is 1. The Morgan fingerprint density at radius 3 is 2.81 bits per heavy atom. The fraction of sp³-hybridized carbons (Fsp3) is 0.368. The molecule has 1 aromatic carbocycles. The summed E-state index contributed by atoms with van der Waals surface area (Å²) in [7, 11) is 1.55. The molecule has 8 nitrogen and oxygen atoms in total. The minimum atomic E-state index is -0.468. The average molecular weight is 368 g/mol. The quantitative estimate of drug-likeness (QED) is 0.889. The minimum Gasteiger partial charge on any atom is -0.481 e. The second-order valence-corrected chi connectivity index (χ2v) is 6.72. The van der Waals surface area contributed by atoms with Gasteiger partial charge in [-0.05, 0) is 12.1 Å². The van der Waals surface area contributed by atoms with Crippen molar-refractivity contribution in [2.24, 2.45) is 0 Å². The lowest BCUT2D eigenvalue weighted by molar-refractivity contribution is 0.00331. The van der Waals surface area contributed by atoms with E-state index in [2.05, 4.69) is 15.3 Å². The number of amides is 2. The standard InChI is InChI=1S/C19H20N4O4/c1-26-15-5-8-20-16(22-15)13-3-2-4-14(11-13)17(24)23-9-6-19(7-10-23)12-21-18(25)27-19/h2-5,8,11H,6-7,9-10,12H2,1H3,(H,21,25). The third-order valence-electron chi connectivity index (χ3n) is 5.03. The molecule has 0 bridgehead atoms. The van der Waals surface area contributed by atoms with Crippen LogP contribution in [0.2, 0.25) is 0 Å². The van der Waals surface area contributed by atoms with Gasteiger partial charge in [0.1, 0.15) is 5.60 Å². The van der Waals surface area contributed by atoms with E-state index in [9.17, 15) is 9.59 Å². The Morgan fingerprint density at radius 1 is 1.30 bits per heavy atom. The highest BCUT2D eigenvalue weighted by Crippen LogP contribution is 2.30. The van der Waals surface area contributed by atoms with Crippen LogP contribution in [0, 0.1) is 0 Å². The van der Waals surface area contributed by atoms with Gasteiger partial charge in [0.05, 0.1) is 13.7 Å². The molecule has 4 rings (SSSR count). The number of hydrogen-bond acceptors (Lipinski definition) is 6. The second-order valence-electron chi connectivity index (χ2n) is 6.72. The van der Waals surface area contributed by atoms with Crippen LogP contribution >= 0.6 is 0 Å². The van der Waals surface area contributed by atoms with Crippen LogP contribution in [0.3, 0.4) is 0 Å². The molecular weight excluding hydrogens is 348 g/mol. The summed E-state index contributed by atoms with van der Waals surface area (Å²) in [6.07, 6.45) is 2.52. The summed E-state index contributed by atoms with van der Waals surface area (Å²) in [6, 6.07) is 8.93. The van der Waals surface area contributed by atoms with Crippen LogP contribution in [0.15, 0.2) is 36.5 Å². The van der Waals surface area contributed by atoms with Gasteiger partial charge in [0.2, 0.25) is 5.88 Å². The van der Waals surface area contributed by atoms with Crippen LogP contribution in [0.25, 0.3) is 11.4 Å². The number of carbonyl (C=O) groups is 2. The summed E-state index contributed by atoms with van der Waals surface area (Å²) in [5, 5.41) is 2.70. The van der Waals surface area contributed by atoms with Gasteiger partial charge in [0, 0.05) is 49.3 Å². The predicted molar refractivity (Wildman–Crippen MR) is 96.4 cm³/mol. The first-order chi connectivity index (χ1) is 13.1. The monoisotopic (exact) mass is 368 g/mol. The molecule has 140 valence electrons. The summed E-state index contributed by atoms with van der Waals surface area (Å²) in [6.45, 7) is 1.61. The van der Waals surface area contributed by atoms with Crippen molar-refractivity contribution in [1.29, 1.82) is 0 Å². The van der Waals surface area contributed by atoms with Gasteiger partial charge in [-0.25, -0.2) is 9.78 Å². The number of nitrogens with one attached hydrogen (secondary N) is 1. The van der Waals surface area contributed by atoms with E-state index < -0.39 is 5.60 Å². The molecule has 3 heterocycles. The molecule has 8 heteroatoms. The Bertz CT molecular complexity index is 878. The van der Waals surface area contributed by atoms with Crippen LogP contribution < -0.4 is 10.1 Å². The third kappa shape index (κ3) is 3.42. The molecular formula is C19H20N4O4. The number of ether oxygens (including phenoxy) is 2. The van der Waals surface area contributed by atoms with E-state index in [1.165, 1.54) is 0 Å². The third-order valence-corrected chi connectivity index (χ3v) is 5.03. The summed E-state index contributed by atoms with van der Waals surface area (Å²) < 4.78 is 10.5. The first-order valence-corrected chi connectivity index (χ1v) is 8.82. The number of aromatic nitrogens is 2. The largest absolute Gasteiger partial charge is 0.481 e. The number of methoxy groups -OCH3 is 1. The van der Waals surface area contributed by atoms with Crippen LogP contribution in [0.4, 0.5) is 4.79 Å². The number of carbonyl (C=O) groups excluding carboxylic acids is 2. The van der Waals surface area contributed by atoms with Crippen LogP contribution in [0.5, 0.6) is 5.88 Å². The molecule has 0 unspecified atom stereocenters. The number of nitrogens with zero attached hydrogens (tertiary/aromatic N) is 3. The molecule has 2 aliphatic heterocycles. The molecule has 2 fully saturated rings. The molecule has 0 radical (unpaired) electrons. The zero-order valence-electron chi connectivity index (χ0n) is 15.0. The molecule has 0 aliphatic carbocycles. The van der Waals surface area contributed by atoms with Gasteiger partial charge in [-0.1, -0.05) is 12.1 Å².